The Hall–Kier alpha value is -1.61. The number of hydrogen-bond donors (Lipinski definition) is 1. The average molecular weight is 202 g/mol. The summed E-state index contributed by atoms with van der Waals surface area (Å²) in [5.74, 6) is 0. The Balaban J connectivity index is 3.09. The van der Waals surface area contributed by atoms with Gasteiger partial charge >= 0.3 is 6.18 Å². The van der Waals surface area contributed by atoms with Crippen molar-refractivity contribution < 1.29 is 18.3 Å². The van der Waals surface area contributed by atoms with Crippen LogP contribution in [0.4, 0.5) is 13.2 Å². The Bertz CT molecular complexity index is 370. The van der Waals surface area contributed by atoms with Crippen molar-refractivity contribution in [3.8, 4) is 6.07 Å². The zero-order chi connectivity index (χ0) is 10.8. The van der Waals surface area contributed by atoms with Gasteiger partial charge in [-0.25, -0.2) is 4.98 Å². The van der Waals surface area contributed by atoms with Crippen molar-refractivity contribution in [1.29, 1.82) is 5.26 Å². The predicted octanol–water partition coefficient (Wildman–Crippen LogP) is 1.66. The Morgan fingerprint density at radius 2 is 2.07 bits per heavy atom. The maximum atomic E-state index is 12.1. The Kier molecular flexibility index (Phi) is 2.72. The van der Waals surface area contributed by atoms with Gasteiger partial charge in [0.05, 0.1) is 5.69 Å². The summed E-state index contributed by atoms with van der Waals surface area (Å²) < 4.78 is 36.3. The fourth-order valence-corrected chi connectivity index (χ4v) is 0.828. The monoisotopic (exact) mass is 202 g/mol. The number of nitriles is 1. The van der Waals surface area contributed by atoms with Crippen LogP contribution >= 0.6 is 0 Å². The molecule has 0 aliphatic heterocycles. The fourth-order valence-electron chi connectivity index (χ4n) is 0.828. The quantitative estimate of drug-likeness (QED) is 0.704. The van der Waals surface area contributed by atoms with Crippen LogP contribution in [0.5, 0.6) is 0 Å². The van der Waals surface area contributed by atoms with E-state index in [2.05, 4.69) is 4.98 Å². The number of aromatic nitrogens is 1. The molecule has 1 aromatic heterocycles. The first-order valence-corrected chi connectivity index (χ1v) is 3.57. The third kappa shape index (κ3) is 2.20. The van der Waals surface area contributed by atoms with Gasteiger partial charge in [-0.15, -0.1) is 0 Å². The number of aliphatic hydroxyl groups is 1. The van der Waals surface area contributed by atoms with Crippen LogP contribution in [0.15, 0.2) is 18.2 Å². The molecule has 1 N–H and O–H groups in total. The number of alkyl halides is 3. The van der Waals surface area contributed by atoms with Gasteiger partial charge in [0, 0.05) is 0 Å². The lowest BCUT2D eigenvalue weighted by atomic mass is 10.2. The minimum absolute atomic E-state index is 0.303. The summed E-state index contributed by atoms with van der Waals surface area (Å²) in [6.07, 6.45) is -6.19. The van der Waals surface area contributed by atoms with Crippen LogP contribution in [-0.2, 0) is 6.18 Å². The second-order valence-electron chi connectivity index (χ2n) is 2.48. The van der Waals surface area contributed by atoms with E-state index in [4.69, 9.17) is 10.4 Å². The van der Waals surface area contributed by atoms with E-state index in [-0.39, 0.29) is 5.69 Å². The van der Waals surface area contributed by atoms with E-state index < -0.39 is 18.0 Å². The molecule has 0 aromatic carbocycles. The van der Waals surface area contributed by atoms with Gasteiger partial charge in [0.25, 0.3) is 0 Å². The maximum absolute atomic E-state index is 12.1. The molecule has 0 saturated carbocycles. The molecule has 1 atom stereocenters. The normalized spacial score (nSPS) is 13.4. The number of nitrogens with zero attached hydrogens (tertiary/aromatic N) is 2. The van der Waals surface area contributed by atoms with Crippen LogP contribution in [0.25, 0.3) is 0 Å². The third-order valence-corrected chi connectivity index (χ3v) is 1.46. The van der Waals surface area contributed by atoms with Gasteiger partial charge in [0.15, 0.2) is 6.10 Å². The Labute approximate surface area is 77.4 Å². The van der Waals surface area contributed by atoms with Gasteiger partial charge < -0.3 is 5.11 Å². The summed E-state index contributed by atoms with van der Waals surface area (Å²) in [4.78, 5) is 3.12. The zero-order valence-electron chi connectivity index (χ0n) is 6.78. The van der Waals surface area contributed by atoms with Crippen LogP contribution < -0.4 is 0 Å². The number of aliphatic hydroxyl groups excluding tert-OH is 1. The first-order valence-electron chi connectivity index (χ1n) is 3.57. The second kappa shape index (κ2) is 3.64. The van der Waals surface area contributed by atoms with Gasteiger partial charge in [0.1, 0.15) is 11.8 Å². The molecule has 0 radical (unpaired) electrons. The van der Waals surface area contributed by atoms with Crippen molar-refractivity contribution in [3.63, 3.8) is 0 Å². The maximum Gasteiger partial charge on any atom is 0.433 e. The standard InChI is InChI=1S/C8H5F3N2O/c9-8(10,11)7-3-1-2-5(13-7)6(14)4-12/h1-3,6,14H. The van der Waals surface area contributed by atoms with E-state index in [1.54, 1.807) is 0 Å². The number of rotatable bonds is 1. The van der Waals surface area contributed by atoms with Gasteiger partial charge in [-0.1, -0.05) is 6.07 Å². The molecule has 1 aromatic rings. The molecule has 0 saturated heterocycles. The van der Waals surface area contributed by atoms with E-state index in [9.17, 15) is 13.2 Å². The summed E-state index contributed by atoms with van der Waals surface area (Å²) in [5.41, 5.74) is -1.42. The van der Waals surface area contributed by atoms with Gasteiger partial charge in [-0.2, -0.15) is 18.4 Å². The van der Waals surface area contributed by atoms with Crippen LogP contribution in [0.3, 0.4) is 0 Å². The second-order valence-corrected chi connectivity index (χ2v) is 2.48. The highest BCUT2D eigenvalue weighted by atomic mass is 19.4. The summed E-state index contributed by atoms with van der Waals surface area (Å²) in [6.45, 7) is 0. The van der Waals surface area contributed by atoms with Crippen LogP contribution in [0, 0.1) is 11.3 Å². The molecule has 1 heterocycles. The lowest BCUT2D eigenvalue weighted by Crippen LogP contribution is -2.10. The molecular formula is C8H5F3N2O. The molecule has 6 heteroatoms. The zero-order valence-corrected chi connectivity index (χ0v) is 6.78. The summed E-state index contributed by atoms with van der Waals surface area (Å²) in [7, 11) is 0. The van der Waals surface area contributed by atoms with Crippen molar-refractivity contribution in [1.82, 2.24) is 4.98 Å². The topological polar surface area (TPSA) is 56.9 Å². The highest BCUT2D eigenvalue weighted by Crippen LogP contribution is 2.28. The fraction of sp³-hybridized carbons (Fsp3) is 0.250. The van der Waals surface area contributed by atoms with Crippen molar-refractivity contribution in [3.05, 3.63) is 29.6 Å². The Morgan fingerprint density at radius 1 is 1.43 bits per heavy atom. The highest BCUT2D eigenvalue weighted by Gasteiger charge is 2.32. The molecule has 0 spiro atoms. The summed E-state index contributed by atoms with van der Waals surface area (Å²) in [6, 6.07) is 4.40. The Morgan fingerprint density at radius 3 is 2.57 bits per heavy atom. The summed E-state index contributed by atoms with van der Waals surface area (Å²) in [5, 5.41) is 17.2. The highest BCUT2D eigenvalue weighted by molar-refractivity contribution is 5.18. The van der Waals surface area contributed by atoms with E-state index in [0.717, 1.165) is 18.2 Å². The third-order valence-electron chi connectivity index (χ3n) is 1.46. The molecule has 1 rings (SSSR count). The van der Waals surface area contributed by atoms with Gasteiger partial charge in [0.2, 0.25) is 0 Å². The summed E-state index contributed by atoms with van der Waals surface area (Å²) >= 11 is 0. The first-order chi connectivity index (χ1) is 6.45. The van der Waals surface area contributed by atoms with Crippen LogP contribution in [0.2, 0.25) is 0 Å². The average Bonchev–Trinajstić information content (AvgIpc) is 2.15. The molecule has 1 unspecified atom stereocenters. The molecule has 0 aliphatic carbocycles. The van der Waals surface area contributed by atoms with Crippen LogP contribution in [-0.4, -0.2) is 10.1 Å². The van der Waals surface area contributed by atoms with E-state index in [1.165, 1.54) is 6.07 Å². The van der Waals surface area contributed by atoms with Crippen LogP contribution in [0.1, 0.15) is 17.5 Å². The minimum atomic E-state index is -4.56. The molecule has 74 valence electrons. The predicted molar refractivity (Wildman–Crippen MR) is 39.8 cm³/mol. The lowest BCUT2D eigenvalue weighted by molar-refractivity contribution is -0.141. The molecule has 0 bridgehead atoms. The van der Waals surface area contributed by atoms with Crippen molar-refractivity contribution in [2.24, 2.45) is 0 Å². The molecule has 0 amide bonds. The number of pyridine rings is 1. The largest absolute Gasteiger partial charge is 0.433 e. The minimum Gasteiger partial charge on any atom is -0.373 e. The van der Waals surface area contributed by atoms with E-state index in [1.807, 2.05) is 0 Å². The van der Waals surface area contributed by atoms with Crippen molar-refractivity contribution >= 4 is 0 Å². The first kappa shape index (κ1) is 10.5. The van der Waals surface area contributed by atoms with Crippen molar-refractivity contribution in [2.45, 2.75) is 12.3 Å². The van der Waals surface area contributed by atoms with E-state index >= 15 is 0 Å². The molecule has 14 heavy (non-hydrogen) atoms. The number of hydrogen-bond acceptors (Lipinski definition) is 3. The SMILES string of the molecule is N#CC(O)c1cccc(C(F)(F)F)n1. The molecule has 0 fully saturated rings. The molecular weight excluding hydrogens is 197 g/mol. The lowest BCUT2D eigenvalue weighted by Gasteiger charge is -2.07. The molecule has 0 aliphatic rings. The van der Waals surface area contributed by atoms with E-state index in [0.29, 0.717) is 0 Å². The van der Waals surface area contributed by atoms with Gasteiger partial charge in [-0.05, 0) is 12.1 Å². The molecule has 3 nitrogen and oxygen atoms in total. The number of halogens is 3. The van der Waals surface area contributed by atoms with Gasteiger partial charge in [-0.3, -0.25) is 0 Å². The smallest absolute Gasteiger partial charge is 0.373 e. The van der Waals surface area contributed by atoms with Crippen molar-refractivity contribution in [2.75, 3.05) is 0 Å².